The number of hydrogen-bond donors (Lipinski definition) is 0. The van der Waals surface area contributed by atoms with Crippen LogP contribution in [-0.2, 0) is 11.3 Å². The molecule has 6 heteroatoms. The molecule has 0 aliphatic heterocycles. The standard InChI is InChI=1S/C13H12ClN3O2/c1-18-8-10-9(7-15)13(14)17(16-10)11-5-3-4-6-12(11)19-2/h3-6H,8H2,1-2H3. The highest BCUT2D eigenvalue weighted by Gasteiger charge is 2.18. The zero-order valence-corrected chi connectivity index (χ0v) is 11.3. The van der Waals surface area contributed by atoms with E-state index in [0.29, 0.717) is 22.7 Å². The summed E-state index contributed by atoms with van der Waals surface area (Å²) in [5, 5.41) is 13.7. The Morgan fingerprint density at radius 3 is 2.74 bits per heavy atom. The fourth-order valence-electron chi connectivity index (χ4n) is 1.75. The van der Waals surface area contributed by atoms with Crippen molar-refractivity contribution >= 4 is 11.6 Å². The van der Waals surface area contributed by atoms with Crippen LogP contribution < -0.4 is 4.74 Å². The average molecular weight is 278 g/mol. The Labute approximate surface area is 115 Å². The van der Waals surface area contributed by atoms with Gasteiger partial charge in [0.15, 0.2) is 5.15 Å². The first-order valence-electron chi connectivity index (χ1n) is 5.52. The lowest BCUT2D eigenvalue weighted by Gasteiger charge is -2.08. The molecule has 2 aromatic rings. The molecule has 0 amide bonds. The van der Waals surface area contributed by atoms with Crippen molar-refractivity contribution < 1.29 is 9.47 Å². The molecule has 19 heavy (non-hydrogen) atoms. The van der Waals surface area contributed by atoms with Crippen LogP contribution in [-0.4, -0.2) is 24.0 Å². The second-order valence-electron chi connectivity index (χ2n) is 3.74. The Morgan fingerprint density at radius 1 is 1.37 bits per heavy atom. The van der Waals surface area contributed by atoms with Gasteiger partial charge in [0.05, 0.1) is 13.7 Å². The molecule has 0 bridgehead atoms. The fraction of sp³-hybridized carbons (Fsp3) is 0.231. The van der Waals surface area contributed by atoms with Crippen molar-refractivity contribution in [3.8, 4) is 17.5 Å². The number of hydrogen-bond acceptors (Lipinski definition) is 4. The van der Waals surface area contributed by atoms with Crippen molar-refractivity contribution in [1.82, 2.24) is 9.78 Å². The van der Waals surface area contributed by atoms with E-state index >= 15 is 0 Å². The van der Waals surface area contributed by atoms with Gasteiger partial charge in [0, 0.05) is 7.11 Å². The van der Waals surface area contributed by atoms with Crippen LogP contribution in [0.2, 0.25) is 5.15 Å². The summed E-state index contributed by atoms with van der Waals surface area (Å²) in [5.74, 6) is 0.625. The largest absolute Gasteiger partial charge is 0.494 e. The van der Waals surface area contributed by atoms with Crippen molar-refractivity contribution in [2.24, 2.45) is 0 Å². The Morgan fingerprint density at radius 2 is 2.11 bits per heavy atom. The third-order valence-electron chi connectivity index (χ3n) is 2.61. The Hall–Kier alpha value is -2.03. The molecular weight excluding hydrogens is 266 g/mol. The smallest absolute Gasteiger partial charge is 0.151 e. The van der Waals surface area contributed by atoms with Gasteiger partial charge < -0.3 is 9.47 Å². The lowest BCUT2D eigenvalue weighted by Crippen LogP contribution is -2.00. The number of halogens is 1. The van der Waals surface area contributed by atoms with Crippen molar-refractivity contribution in [2.75, 3.05) is 14.2 Å². The molecule has 1 aromatic carbocycles. The summed E-state index contributed by atoms with van der Waals surface area (Å²) in [6, 6.07) is 9.35. The van der Waals surface area contributed by atoms with Crippen molar-refractivity contribution in [2.45, 2.75) is 6.61 Å². The van der Waals surface area contributed by atoms with Gasteiger partial charge in [-0.05, 0) is 12.1 Å². The molecule has 1 aromatic heterocycles. The maximum absolute atomic E-state index is 9.14. The number of ether oxygens (including phenoxy) is 2. The minimum atomic E-state index is 0.227. The number of methoxy groups -OCH3 is 2. The summed E-state index contributed by atoms with van der Waals surface area (Å²) in [6.45, 7) is 0.227. The Kier molecular flexibility index (Phi) is 4.05. The fourth-order valence-corrected chi connectivity index (χ4v) is 2.03. The van der Waals surface area contributed by atoms with E-state index in [4.69, 9.17) is 26.3 Å². The molecule has 0 saturated heterocycles. The normalized spacial score (nSPS) is 10.2. The third kappa shape index (κ3) is 2.41. The van der Waals surface area contributed by atoms with Gasteiger partial charge >= 0.3 is 0 Å². The number of nitriles is 1. The zero-order valence-electron chi connectivity index (χ0n) is 10.6. The van der Waals surface area contributed by atoms with E-state index in [1.807, 2.05) is 24.3 Å². The van der Waals surface area contributed by atoms with Gasteiger partial charge in [-0.1, -0.05) is 23.7 Å². The van der Waals surface area contributed by atoms with Gasteiger partial charge in [0.1, 0.15) is 28.8 Å². The molecule has 0 aliphatic rings. The number of rotatable bonds is 4. The highest BCUT2D eigenvalue weighted by molar-refractivity contribution is 6.31. The zero-order chi connectivity index (χ0) is 13.8. The number of aromatic nitrogens is 2. The summed E-state index contributed by atoms with van der Waals surface area (Å²) < 4.78 is 11.8. The number of para-hydroxylation sites is 2. The van der Waals surface area contributed by atoms with E-state index in [1.54, 1.807) is 13.2 Å². The molecule has 0 N–H and O–H groups in total. The summed E-state index contributed by atoms with van der Waals surface area (Å²) in [5.41, 5.74) is 1.49. The van der Waals surface area contributed by atoms with Crippen LogP contribution in [0.25, 0.3) is 5.69 Å². The monoisotopic (exact) mass is 277 g/mol. The predicted molar refractivity (Wildman–Crippen MR) is 70.6 cm³/mol. The molecule has 1 heterocycles. The van der Waals surface area contributed by atoms with Gasteiger partial charge in [-0.25, -0.2) is 4.68 Å². The van der Waals surface area contributed by atoms with Crippen LogP contribution in [0, 0.1) is 11.3 Å². The molecule has 0 fully saturated rings. The van der Waals surface area contributed by atoms with E-state index < -0.39 is 0 Å². The molecule has 5 nitrogen and oxygen atoms in total. The highest BCUT2D eigenvalue weighted by Crippen LogP contribution is 2.28. The Bertz CT molecular complexity index is 631. The maximum Gasteiger partial charge on any atom is 0.151 e. The van der Waals surface area contributed by atoms with Crippen LogP contribution >= 0.6 is 11.6 Å². The molecular formula is C13H12ClN3O2. The summed E-state index contributed by atoms with van der Waals surface area (Å²) in [7, 11) is 3.11. The molecule has 0 aliphatic carbocycles. The van der Waals surface area contributed by atoms with Crippen LogP contribution in [0.4, 0.5) is 0 Å². The minimum Gasteiger partial charge on any atom is -0.494 e. The molecule has 0 unspecified atom stereocenters. The first kappa shape index (κ1) is 13.4. The van der Waals surface area contributed by atoms with Crippen molar-refractivity contribution in [3.63, 3.8) is 0 Å². The quantitative estimate of drug-likeness (QED) is 0.862. The van der Waals surface area contributed by atoms with E-state index in [-0.39, 0.29) is 11.8 Å². The molecule has 0 atom stereocenters. The first-order chi connectivity index (χ1) is 9.22. The van der Waals surface area contributed by atoms with Crippen LogP contribution in [0.3, 0.4) is 0 Å². The van der Waals surface area contributed by atoms with Gasteiger partial charge in [0.25, 0.3) is 0 Å². The highest BCUT2D eigenvalue weighted by atomic mass is 35.5. The van der Waals surface area contributed by atoms with Gasteiger partial charge in [-0.15, -0.1) is 0 Å². The van der Waals surface area contributed by atoms with Gasteiger partial charge in [0.2, 0.25) is 0 Å². The summed E-state index contributed by atoms with van der Waals surface area (Å²) in [6.07, 6.45) is 0. The Balaban J connectivity index is 2.60. The van der Waals surface area contributed by atoms with Crippen LogP contribution in [0.1, 0.15) is 11.3 Å². The number of benzene rings is 1. The van der Waals surface area contributed by atoms with Gasteiger partial charge in [-0.3, -0.25) is 0 Å². The molecule has 0 spiro atoms. The van der Waals surface area contributed by atoms with E-state index in [0.717, 1.165) is 0 Å². The molecule has 0 saturated carbocycles. The summed E-state index contributed by atoms with van der Waals surface area (Å²) in [4.78, 5) is 0. The van der Waals surface area contributed by atoms with E-state index in [2.05, 4.69) is 5.10 Å². The SMILES string of the molecule is COCc1nn(-c2ccccc2OC)c(Cl)c1C#N. The van der Waals surface area contributed by atoms with Crippen molar-refractivity contribution in [1.29, 1.82) is 5.26 Å². The predicted octanol–water partition coefficient (Wildman–Crippen LogP) is 2.55. The summed E-state index contributed by atoms with van der Waals surface area (Å²) >= 11 is 6.20. The second-order valence-corrected chi connectivity index (χ2v) is 4.10. The van der Waals surface area contributed by atoms with Gasteiger partial charge in [-0.2, -0.15) is 10.4 Å². The number of nitrogens with zero attached hydrogens (tertiary/aromatic N) is 3. The average Bonchev–Trinajstić information content (AvgIpc) is 2.75. The lowest BCUT2D eigenvalue weighted by molar-refractivity contribution is 0.181. The first-order valence-corrected chi connectivity index (χ1v) is 5.90. The van der Waals surface area contributed by atoms with E-state index in [9.17, 15) is 0 Å². The third-order valence-corrected chi connectivity index (χ3v) is 2.96. The molecule has 2 rings (SSSR count). The second kappa shape index (κ2) is 5.74. The van der Waals surface area contributed by atoms with E-state index in [1.165, 1.54) is 11.8 Å². The molecule has 0 radical (unpaired) electrons. The topological polar surface area (TPSA) is 60.1 Å². The van der Waals surface area contributed by atoms with Crippen molar-refractivity contribution in [3.05, 3.63) is 40.7 Å². The lowest BCUT2D eigenvalue weighted by atomic mass is 10.3. The van der Waals surface area contributed by atoms with Crippen LogP contribution in [0.15, 0.2) is 24.3 Å². The maximum atomic E-state index is 9.14. The minimum absolute atomic E-state index is 0.227. The molecule has 98 valence electrons. The van der Waals surface area contributed by atoms with Crippen LogP contribution in [0.5, 0.6) is 5.75 Å².